The molecule has 1 aromatic carbocycles. The first kappa shape index (κ1) is 26.9. The van der Waals surface area contributed by atoms with Gasteiger partial charge >= 0.3 is 5.97 Å². The highest BCUT2D eigenvalue weighted by Gasteiger charge is 2.45. The molecular formula is C30H39N5O5. The highest BCUT2D eigenvalue weighted by atomic mass is 16.6. The first-order valence-corrected chi connectivity index (χ1v) is 14.9. The van der Waals surface area contributed by atoms with E-state index in [-0.39, 0.29) is 11.7 Å². The minimum Gasteiger partial charge on any atom is -0.479 e. The first-order valence-electron chi connectivity index (χ1n) is 14.9. The highest BCUT2D eigenvalue weighted by Crippen LogP contribution is 2.47. The van der Waals surface area contributed by atoms with E-state index in [1.807, 2.05) is 18.2 Å². The molecule has 5 atom stereocenters. The Bertz CT molecular complexity index is 1340. The van der Waals surface area contributed by atoms with Crippen molar-refractivity contribution in [3.05, 3.63) is 40.3 Å². The molecule has 1 amide bonds. The summed E-state index contributed by atoms with van der Waals surface area (Å²) < 4.78 is 1.79. The molecule has 2 unspecified atom stereocenters. The second kappa shape index (κ2) is 11.3. The van der Waals surface area contributed by atoms with Gasteiger partial charge in [-0.1, -0.05) is 49.4 Å². The molecule has 4 bridgehead atoms. The number of hydrogen-bond donors (Lipinski definition) is 2. The number of nitrogens with zero attached hydrogens (tertiary/aromatic N) is 4. The van der Waals surface area contributed by atoms with Gasteiger partial charge in [0.15, 0.2) is 11.4 Å². The molecule has 0 radical (unpaired) electrons. The standard InChI is InChI=1S/C30H39N5O5/c31-29(38)27(33-40-17-26(36)37)28-30(39)35(25-11-4-3-10-24(25)32-28)23-15-20-8-5-9-21(16-23)34(20)22-13-18-6-1-2-7-19(12-18)14-22/h3-4,10-11,18-23H,1-2,5-9,12-17H2,(H2,31,38)(H,36,37)/t18?,19?,20-,21+,22?,23+. The molecule has 10 heteroatoms. The summed E-state index contributed by atoms with van der Waals surface area (Å²) in [4.78, 5) is 49.3. The van der Waals surface area contributed by atoms with Crippen LogP contribution in [-0.2, 0) is 14.4 Å². The zero-order chi connectivity index (χ0) is 27.8. The molecule has 2 aliphatic heterocycles. The lowest BCUT2D eigenvalue weighted by atomic mass is 9.73. The van der Waals surface area contributed by atoms with E-state index in [4.69, 9.17) is 15.7 Å². The van der Waals surface area contributed by atoms with Gasteiger partial charge in [-0.25, -0.2) is 9.78 Å². The Morgan fingerprint density at radius 2 is 1.60 bits per heavy atom. The maximum absolute atomic E-state index is 14.0. The number of hydrogen-bond acceptors (Lipinski definition) is 7. The van der Waals surface area contributed by atoms with Crippen LogP contribution in [0.1, 0.15) is 88.8 Å². The van der Waals surface area contributed by atoms with Crippen molar-refractivity contribution >= 4 is 28.6 Å². The Labute approximate surface area is 233 Å². The second-order valence-electron chi connectivity index (χ2n) is 12.3. The van der Waals surface area contributed by atoms with E-state index < -0.39 is 29.8 Å². The van der Waals surface area contributed by atoms with E-state index in [1.165, 1.54) is 51.4 Å². The van der Waals surface area contributed by atoms with Crippen LogP contribution < -0.4 is 11.3 Å². The van der Waals surface area contributed by atoms with Gasteiger partial charge in [0.05, 0.1) is 11.0 Å². The van der Waals surface area contributed by atoms with Crippen molar-refractivity contribution < 1.29 is 19.5 Å². The molecule has 214 valence electrons. The Balaban J connectivity index is 1.35. The number of carboxylic acids is 1. The molecule has 2 aromatic rings. The normalized spacial score (nSPS) is 30.9. The fourth-order valence-corrected chi connectivity index (χ4v) is 8.33. The lowest BCUT2D eigenvalue weighted by Crippen LogP contribution is -2.58. The van der Waals surface area contributed by atoms with E-state index in [1.54, 1.807) is 10.6 Å². The third-order valence-corrected chi connectivity index (χ3v) is 9.74. The number of nitrogens with two attached hydrogens (primary N) is 1. The summed E-state index contributed by atoms with van der Waals surface area (Å²) >= 11 is 0. The SMILES string of the molecule is NC(=O)C(=NOCC(=O)O)c1nc2ccccc2n([C@H]2C[C@H]3CCC[C@@H](C2)N3C2CC3CCCCC(C3)C2)c1=O. The zero-order valence-corrected chi connectivity index (χ0v) is 22.9. The van der Waals surface area contributed by atoms with Gasteiger partial charge in [0.1, 0.15) is 0 Å². The number of benzene rings is 1. The van der Waals surface area contributed by atoms with Crippen LogP contribution in [0.2, 0.25) is 0 Å². The third kappa shape index (κ3) is 5.25. The van der Waals surface area contributed by atoms with Gasteiger partial charge in [-0.05, 0) is 68.9 Å². The molecule has 3 heterocycles. The fraction of sp³-hybridized carbons (Fsp3) is 0.633. The molecule has 2 saturated carbocycles. The van der Waals surface area contributed by atoms with Crippen molar-refractivity contribution in [2.45, 2.75) is 101 Å². The Morgan fingerprint density at radius 1 is 0.925 bits per heavy atom. The molecule has 40 heavy (non-hydrogen) atoms. The van der Waals surface area contributed by atoms with Crippen LogP contribution >= 0.6 is 0 Å². The maximum atomic E-state index is 14.0. The Kier molecular flexibility index (Phi) is 7.61. The zero-order valence-electron chi connectivity index (χ0n) is 22.9. The minimum atomic E-state index is -1.26. The van der Waals surface area contributed by atoms with Crippen molar-refractivity contribution in [2.24, 2.45) is 22.7 Å². The average Bonchev–Trinajstić information content (AvgIpc) is 3.09. The van der Waals surface area contributed by atoms with Crippen LogP contribution in [0, 0.1) is 11.8 Å². The topological polar surface area (TPSA) is 140 Å². The fourth-order valence-electron chi connectivity index (χ4n) is 8.33. The average molecular weight is 550 g/mol. The minimum absolute atomic E-state index is 0.0503. The number of carboxylic acid groups (broad SMARTS) is 1. The van der Waals surface area contributed by atoms with E-state index in [0.717, 1.165) is 37.5 Å². The molecule has 1 aromatic heterocycles. The summed E-state index contributed by atoms with van der Waals surface area (Å²) in [6, 6.07) is 8.84. The van der Waals surface area contributed by atoms with Crippen molar-refractivity contribution in [1.29, 1.82) is 0 Å². The maximum Gasteiger partial charge on any atom is 0.344 e. The molecule has 0 spiro atoms. The number of aromatic nitrogens is 2. The number of primary amides is 1. The smallest absolute Gasteiger partial charge is 0.344 e. The van der Waals surface area contributed by atoms with Gasteiger partial charge in [-0.3, -0.25) is 14.5 Å². The summed E-state index contributed by atoms with van der Waals surface area (Å²) in [5.41, 5.74) is 5.70. The van der Waals surface area contributed by atoms with Crippen molar-refractivity contribution in [1.82, 2.24) is 14.5 Å². The Hall–Kier alpha value is -3.27. The predicted octanol–water partition coefficient (Wildman–Crippen LogP) is 3.60. The third-order valence-electron chi connectivity index (χ3n) is 9.74. The number of piperidine rings is 2. The number of oxime groups is 1. The number of para-hydroxylation sites is 2. The monoisotopic (exact) mass is 549 g/mol. The molecular weight excluding hydrogens is 510 g/mol. The van der Waals surface area contributed by atoms with Crippen molar-refractivity contribution in [3.63, 3.8) is 0 Å². The number of carbonyl (C=O) groups is 2. The van der Waals surface area contributed by atoms with Gasteiger partial charge in [-0.2, -0.15) is 0 Å². The van der Waals surface area contributed by atoms with Gasteiger partial charge in [-0.15, -0.1) is 0 Å². The predicted molar refractivity (Wildman–Crippen MR) is 150 cm³/mol. The number of rotatable bonds is 7. The summed E-state index contributed by atoms with van der Waals surface area (Å²) in [6.07, 6.45) is 14.8. The lowest BCUT2D eigenvalue weighted by Gasteiger charge is -2.54. The van der Waals surface area contributed by atoms with Crippen LogP contribution in [-0.4, -0.2) is 61.9 Å². The Morgan fingerprint density at radius 3 is 2.25 bits per heavy atom. The van der Waals surface area contributed by atoms with Crippen LogP contribution in [0.15, 0.2) is 34.2 Å². The summed E-state index contributed by atoms with van der Waals surface area (Å²) in [6.45, 7) is -0.761. The van der Waals surface area contributed by atoms with Crippen molar-refractivity contribution in [3.8, 4) is 0 Å². The van der Waals surface area contributed by atoms with Gasteiger partial charge in [0.2, 0.25) is 6.61 Å². The highest BCUT2D eigenvalue weighted by molar-refractivity contribution is 6.44. The molecule has 2 saturated heterocycles. The number of amides is 1. The van der Waals surface area contributed by atoms with E-state index in [9.17, 15) is 14.4 Å². The molecule has 6 rings (SSSR count). The molecule has 10 nitrogen and oxygen atoms in total. The first-order chi connectivity index (χ1) is 19.4. The van der Waals surface area contributed by atoms with Crippen LogP contribution in [0.3, 0.4) is 0 Å². The summed E-state index contributed by atoms with van der Waals surface area (Å²) in [5.74, 6) is -0.544. The van der Waals surface area contributed by atoms with Gasteiger partial charge < -0.3 is 20.2 Å². The number of carbonyl (C=O) groups excluding carboxylic acids is 1. The number of aliphatic carboxylic acids is 1. The largest absolute Gasteiger partial charge is 0.479 e. The number of fused-ring (bicyclic) bond motifs is 5. The molecule has 4 aliphatic rings. The van der Waals surface area contributed by atoms with Crippen LogP contribution in [0.25, 0.3) is 11.0 Å². The summed E-state index contributed by atoms with van der Waals surface area (Å²) in [5, 5.41) is 12.5. The summed E-state index contributed by atoms with van der Waals surface area (Å²) in [7, 11) is 0. The van der Waals surface area contributed by atoms with Gasteiger partial charge in [0, 0.05) is 24.2 Å². The van der Waals surface area contributed by atoms with E-state index in [0.29, 0.717) is 29.2 Å². The molecule has 4 fully saturated rings. The molecule has 2 aliphatic carbocycles. The van der Waals surface area contributed by atoms with Crippen molar-refractivity contribution in [2.75, 3.05) is 6.61 Å². The quantitative estimate of drug-likeness (QED) is 0.397. The van der Waals surface area contributed by atoms with Gasteiger partial charge in [0.25, 0.3) is 11.5 Å². The second-order valence-corrected chi connectivity index (χ2v) is 12.3. The lowest BCUT2D eigenvalue weighted by molar-refractivity contribution is -0.142. The van der Waals surface area contributed by atoms with Crippen LogP contribution in [0.5, 0.6) is 0 Å². The van der Waals surface area contributed by atoms with Crippen LogP contribution in [0.4, 0.5) is 0 Å². The molecule has 3 N–H and O–H groups in total. The van der Waals surface area contributed by atoms with E-state index >= 15 is 0 Å². The van der Waals surface area contributed by atoms with E-state index in [2.05, 4.69) is 15.0 Å².